The summed E-state index contributed by atoms with van der Waals surface area (Å²) in [6.45, 7) is 9.90. The molecule has 1 atom stereocenters. The highest BCUT2D eigenvalue weighted by atomic mass is 32.1. The predicted octanol–water partition coefficient (Wildman–Crippen LogP) is 2.59. The molecule has 0 bridgehead atoms. The lowest BCUT2D eigenvalue weighted by molar-refractivity contribution is 0.306. The molecule has 1 aliphatic rings. The summed E-state index contributed by atoms with van der Waals surface area (Å²) in [5.41, 5.74) is 1.25. The van der Waals surface area contributed by atoms with Gasteiger partial charge in [0.15, 0.2) is 0 Å². The average Bonchev–Trinajstić information content (AvgIpc) is 2.31. The second kappa shape index (κ2) is 5.71. The zero-order valence-electron chi connectivity index (χ0n) is 8.63. The summed E-state index contributed by atoms with van der Waals surface area (Å²) in [7, 11) is 0. The standard InChI is InChI=1S/C11H21NS/c1-10-4-3-6-12(7-5-10)8-11(2)9-13/h10,13H,2-9H2,1H3. The fraction of sp³-hybridized carbons (Fsp3) is 0.818. The van der Waals surface area contributed by atoms with Crippen LogP contribution in [0.15, 0.2) is 12.2 Å². The van der Waals surface area contributed by atoms with Crippen LogP contribution < -0.4 is 0 Å². The minimum absolute atomic E-state index is 0.825. The molecule has 1 aliphatic heterocycles. The first-order valence-electron chi connectivity index (χ1n) is 5.22. The maximum atomic E-state index is 4.23. The van der Waals surface area contributed by atoms with Gasteiger partial charge in [-0.3, -0.25) is 4.90 Å². The van der Waals surface area contributed by atoms with Crippen LogP contribution in [0.2, 0.25) is 0 Å². The molecule has 13 heavy (non-hydrogen) atoms. The predicted molar refractivity (Wildman–Crippen MR) is 62.4 cm³/mol. The van der Waals surface area contributed by atoms with E-state index >= 15 is 0 Å². The van der Waals surface area contributed by atoms with Gasteiger partial charge in [-0.2, -0.15) is 12.6 Å². The van der Waals surface area contributed by atoms with Crippen LogP contribution in [0.1, 0.15) is 26.2 Å². The molecule has 0 saturated carbocycles. The van der Waals surface area contributed by atoms with Crippen LogP contribution in [-0.2, 0) is 0 Å². The van der Waals surface area contributed by atoms with Gasteiger partial charge in [-0.15, -0.1) is 0 Å². The molecule has 0 N–H and O–H groups in total. The van der Waals surface area contributed by atoms with Gasteiger partial charge in [-0.05, 0) is 38.3 Å². The Kier molecular flexibility index (Phi) is 4.89. The van der Waals surface area contributed by atoms with E-state index in [1.165, 1.54) is 37.9 Å². The van der Waals surface area contributed by atoms with Gasteiger partial charge in [0.05, 0.1) is 0 Å². The molecule has 1 nitrogen and oxygen atoms in total. The van der Waals surface area contributed by atoms with Crippen LogP contribution in [0.5, 0.6) is 0 Å². The summed E-state index contributed by atoms with van der Waals surface area (Å²) in [6, 6.07) is 0. The molecule has 76 valence electrons. The van der Waals surface area contributed by atoms with Crippen LogP contribution >= 0.6 is 12.6 Å². The molecule has 1 unspecified atom stereocenters. The lowest BCUT2D eigenvalue weighted by atomic mass is 10.0. The number of rotatable bonds is 3. The summed E-state index contributed by atoms with van der Waals surface area (Å²) in [6.07, 6.45) is 4.09. The van der Waals surface area contributed by atoms with Gasteiger partial charge in [-0.1, -0.05) is 19.1 Å². The second-order valence-corrected chi connectivity index (χ2v) is 4.54. The van der Waals surface area contributed by atoms with E-state index < -0.39 is 0 Å². The van der Waals surface area contributed by atoms with Gasteiger partial charge in [0.2, 0.25) is 0 Å². The quantitative estimate of drug-likeness (QED) is 0.540. The van der Waals surface area contributed by atoms with Crippen LogP contribution in [0, 0.1) is 5.92 Å². The van der Waals surface area contributed by atoms with Crippen molar-refractivity contribution in [1.29, 1.82) is 0 Å². The van der Waals surface area contributed by atoms with Crippen LogP contribution in [-0.4, -0.2) is 30.3 Å². The highest BCUT2D eigenvalue weighted by Gasteiger charge is 2.13. The summed E-state index contributed by atoms with van der Waals surface area (Å²) >= 11 is 4.23. The van der Waals surface area contributed by atoms with Crippen molar-refractivity contribution >= 4 is 12.6 Å². The topological polar surface area (TPSA) is 3.24 Å². The number of nitrogens with zero attached hydrogens (tertiary/aromatic N) is 1. The van der Waals surface area contributed by atoms with Crippen molar-refractivity contribution < 1.29 is 0 Å². The third-order valence-electron chi connectivity index (χ3n) is 2.78. The van der Waals surface area contributed by atoms with Crippen molar-refractivity contribution in [2.45, 2.75) is 26.2 Å². The summed E-state index contributed by atoms with van der Waals surface area (Å²) in [5, 5.41) is 0. The number of hydrogen-bond donors (Lipinski definition) is 1. The minimum Gasteiger partial charge on any atom is -0.299 e. The Bertz CT molecular complexity index is 167. The van der Waals surface area contributed by atoms with Gasteiger partial charge in [0, 0.05) is 12.3 Å². The molecule has 1 fully saturated rings. The molecular weight excluding hydrogens is 178 g/mol. The summed E-state index contributed by atoms with van der Waals surface area (Å²) < 4.78 is 0. The van der Waals surface area contributed by atoms with Crippen molar-refractivity contribution in [3.05, 3.63) is 12.2 Å². The first kappa shape index (κ1) is 11.1. The Morgan fingerprint density at radius 1 is 1.46 bits per heavy atom. The van der Waals surface area contributed by atoms with E-state index in [2.05, 4.69) is 31.0 Å². The third-order valence-corrected chi connectivity index (χ3v) is 3.23. The first-order valence-corrected chi connectivity index (χ1v) is 5.85. The van der Waals surface area contributed by atoms with Crippen molar-refractivity contribution in [3.63, 3.8) is 0 Å². The van der Waals surface area contributed by atoms with Crippen LogP contribution in [0.25, 0.3) is 0 Å². The second-order valence-electron chi connectivity index (χ2n) is 4.22. The van der Waals surface area contributed by atoms with E-state index in [0.717, 1.165) is 18.2 Å². The SMILES string of the molecule is C=C(CS)CN1CCCC(C)CC1. The van der Waals surface area contributed by atoms with E-state index in [1.54, 1.807) is 0 Å². The summed E-state index contributed by atoms with van der Waals surface area (Å²) in [5.74, 6) is 1.74. The molecule has 0 aromatic rings. The van der Waals surface area contributed by atoms with E-state index in [0.29, 0.717) is 0 Å². The highest BCUT2D eigenvalue weighted by molar-refractivity contribution is 7.80. The normalized spacial score (nSPS) is 25.5. The fourth-order valence-electron chi connectivity index (χ4n) is 1.85. The molecule has 0 radical (unpaired) electrons. The lowest BCUT2D eigenvalue weighted by Gasteiger charge is -2.20. The zero-order valence-corrected chi connectivity index (χ0v) is 9.52. The number of likely N-dealkylation sites (tertiary alicyclic amines) is 1. The Labute approximate surface area is 87.6 Å². The van der Waals surface area contributed by atoms with Gasteiger partial charge < -0.3 is 0 Å². The maximum absolute atomic E-state index is 4.23. The molecule has 0 aliphatic carbocycles. The fourth-order valence-corrected chi connectivity index (χ4v) is 1.95. The van der Waals surface area contributed by atoms with Crippen molar-refractivity contribution in [2.24, 2.45) is 5.92 Å². The molecule has 2 heteroatoms. The first-order chi connectivity index (χ1) is 6.22. The molecule has 1 rings (SSSR count). The van der Waals surface area contributed by atoms with Gasteiger partial charge in [0.1, 0.15) is 0 Å². The van der Waals surface area contributed by atoms with E-state index in [1.807, 2.05) is 0 Å². The maximum Gasteiger partial charge on any atom is 0.0198 e. The largest absolute Gasteiger partial charge is 0.299 e. The number of thiol groups is 1. The van der Waals surface area contributed by atoms with Gasteiger partial charge in [-0.25, -0.2) is 0 Å². The van der Waals surface area contributed by atoms with E-state index in [9.17, 15) is 0 Å². The zero-order chi connectivity index (χ0) is 9.68. The Morgan fingerprint density at radius 3 is 2.92 bits per heavy atom. The van der Waals surface area contributed by atoms with Gasteiger partial charge in [0.25, 0.3) is 0 Å². The van der Waals surface area contributed by atoms with Crippen molar-refractivity contribution in [1.82, 2.24) is 4.90 Å². The molecule has 1 heterocycles. The van der Waals surface area contributed by atoms with Crippen molar-refractivity contribution in [2.75, 3.05) is 25.4 Å². The molecule has 1 saturated heterocycles. The summed E-state index contributed by atoms with van der Waals surface area (Å²) in [4.78, 5) is 2.52. The van der Waals surface area contributed by atoms with E-state index in [4.69, 9.17) is 0 Å². The van der Waals surface area contributed by atoms with E-state index in [-0.39, 0.29) is 0 Å². The Morgan fingerprint density at radius 2 is 2.23 bits per heavy atom. The number of hydrogen-bond acceptors (Lipinski definition) is 2. The molecule has 0 amide bonds. The Balaban J connectivity index is 2.29. The molecular formula is C11H21NS. The molecule has 0 aromatic carbocycles. The van der Waals surface area contributed by atoms with Crippen LogP contribution in [0.3, 0.4) is 0 Å². The average molecular weight is 199 g/mol. The van der Waals surface area contributed by atoms with Gasteiger partial charge >= 0.3 is 0 Å². The highest BCUT2D eigenvalue weighted by Crippen LogP contribution is 2.16. The van der Waals surface area contributed by atoms with Crippen LogP contribution in [0.4, 0.5) is 0 Å². The monoisotopic (exact) mass is 199 g/mol. The van der Waals surface area contributed by atoms with Crippen molar-refractivity contribution in [3.8, 4) is 0 Å². The lowest BCUT2D eigenvalue weighted by Crippen LogP contribution is -2.27. The smallest absolute Gasteiger partial charge is 0.0198 e. The third kappa shape index (κ3) is 4.19. The molecule has 0 aromatic heterocycles. The Hall–Kier alpha value is 0.0500. The minimum atomic E-state index is 0.825. The molecule has 0 spiro atoms.